The summed E-state index contributed by atoms with van der Waals surface area (Å²) in [7, 11) is 1.74. The average molecular weight is 327 g/mol. The largest absolute Gasteiger partial charge is 0.393 e. The van der Waals surface area contributed by atoms with Crippen LogP contribution >= 0.6 is 11.6 Å². The van der Waals surface area contributed by atoms with Crippen molar-refractivity contribution in [2.24, 2.45) is 0 Å². The Kier molecular flexibility index (Phi) is 5.85. The minimum Gasteiger partial charge on any atom is -0.393 e. The maximum Gasteiger partial charge on any atom is 0.317 e. The van der Waals surface area contributed by atoms with Gasteiger partial charge in [0, 0.05) is 38.9 Å². The predicted octanol–water partition coefficient (Wildman–Crippen LogP) is 1.73. The Bertz CT molecular complexity index is 512. The summed E-state index contributed by atoms with van der Waals surface area (Å²) in [5.74, 6) is 0.767. The van der Waals surface area contributed by atoms with Crippen LogP contribution in [0.2, 0.25) is 5.02 Å². The van der Waals surface area contributed by atoms with E-state index < -0.39 is 6.10 Å². The normalized spacial score (nSPS) is 19.1. The Balaban J connectivity index is 1.83. The van der Waals surface area contributed by atoms with Crippen LogP contribution in [0, 0.1) is 0 Å². The summed E-state index contributed by atoms with van der Waals surface area (Å²) in [5, 5.41) is 12.9. The van der Waals surface area contributed by atoms with Crippen LogP contribution in [0.1, 0.15) is 19.8 Å². The molecule has 0 aromatic carbocycles. The van der Waals surface area contributed by atoms with Crippen LogP contribution in [0.3, 0.4) is 0 Å². The fourth-order valence-corrected chi connectivity index (χ4v) is 2.69. The third kappa shape index (κ3) is 4.48. The number of carbonyl (C=O) groups excluding carboxylic acids is 1. The summed E-state index contributed by atoms with van der Waals surface area (Å²) in [6.07, 6.45) is 2.76. The van der Waals surface area contributed by atoms with E-state index in [1.807, 2.05) is 6.07 Å². The highest BCUT2D eigenvalue weighted by atomic mass is 35.5. The van der Waals surface area contributed by atoms with Crippen molar-refractivity contribution in [3.63, 3.8) is 0 Å². The lowest BCUT2D eigenvalue weighted by atomic mass is 10.2. The van der Waals surface area contributed by atoms with Gasteiger partial charge in [-0.1, -0.05) is 11.6 Å². The lowest BCUT2D eigenvalue weighted by molar-refractivity contribution is 0.162. The van der Waals surface area contributed by atoms with Gasteiger partial charge in [0.15, 0.2) is 0 Å². The maximum absolute atomic E-state index is 12.1. The highest BCUT2D eigenvalue weighted by molar-refractivity contribution is 6.32. The van der Waals surface area contributed by atoms with E-state index in [1.165, 1.54) is 0 Å². The van der Waals surface area contributed by atoms with Crippen molar-refractivity contribution in [1.29, 1.82) is 0 Å². The first-order valence-corrected chi connectivity index (χ1v) is 7.90. The molecule has 0 aliphatic carbocycles. The van der Waals surface area contributed by atoms with Gasteiger partial charge in [-0.3, -0.25) is 0 Å². The summed E-state index contributed by atoms with van der Waals surface area (Å²) in [5.41, 5.74) is 0. The second-order valence-electron chi connectivity index (χ2n) is 5.75. The fraction of sp³-hybridized carbons (Fsp3) is 0.600. The number of nitrogens with one attached hydrogen (secondary N) is 1. The first kappa shape index (κ1) is 16.8. The maximum atomic E-state index is 12.1. The minimum atomic E-state index is -0.400. The van der Waals surface area contributed by atoms with E-state index in [9.17, 15) is 9.90 Å². The van der Waals surface area contributed by atoms with E-state index in [0.717, 1.165) is 18.8 Å². The molecule has 0 saturated carbocycles. The molecular weight excluding hydrogens is 304 g/mol. The molecule has 22 heavy (non-hydrogen) atoms. The number of aromatic nitrogens is 1. The molecule has 122 valence electrons. The highest BCUT2D eigenvalue weighted by Gasteiger charge is 2.26. The van der Waals surface area contributed by atoms with Gasteiger partial charge in [0.1, 0.15) is 5.82 Å². The van der Waals surface area contributed by atoms with Gasteiger partial charge in [0.2, 0.25) is 0 Å². The third-order valence-electron chi connectivity index (χ3n) is 3.78. The molecule has 0 spiro atoms. The van der Waals surface area contributed by atoms with Crippen molar-refractivity contribution in [2.75, 3.05) is 31.6 Å². The van der Waals surface area contributed by atoms with Crippen molar-refractivity contribution in [1.82, 2.24) is 15.2 Å². The summed E-state index contributed by atoms with van der Waals surface area (Å²) in [6.45, 7) is 3.77. The van der Waals surface area contributed by atoms with Crippen molar-refractivity contribution >= 4 is 23.4 Å². The van der Waals surface area contributed by atoms with Crippen LogP contribution in [0.25, 0.3) is 0 Å². The number of nitrogens with zero attached hydrogens (tertiary/aromatic N) is 3. The Morgan fingerprint density at radius 3 is 3.14 bits per heavy atom. The highest BCUT2D eigenvalue weighted by Crippen LogP contribution is 2.25. The van der Waals surface area contributed by atoms with Gasteiger partial charge < -0.3 is 20.2 Å². The third-order valence-corrected chi connectivity index (χ3v) is 4.08. The van der Waals surface area contributed by atoms with Gasteiger partial charge >= 0.3 is 6.03 Å². The molecule has 2 heterocycles. The number of hydrogen-bond donors (Lipinski definition) is 2. The van der Waals surface area contributed by atoms with Gasteiger partial charge in [-0.25, -0.2) is 9.78 Å². The second kappa shape index (κ2) is 7.65. The molecule has 1 aliphatic rings. The van der Waals surface area contributed by atoms with Gasteiger partial charge in [-0.15, -0.1) is 0 Å². The van der Waals surface area contributed by atoms with Crippen molar-refractivity contribution in [2.45, 2.75) is 31.9 Å². The smallest absolute Gasteiger partial charge is 0.317 e. The molecule has 2 atom stereocenters. The van der Waals surface area contributed by atoms with Crippen molar-refractivity contribution in [3.05, 3.63) is 23.4 Å². The topological polar surface area (TPSA) is 68.7 Å². The van der Waals surface area contributed by atoms with Gasteiger partial charge in [0.25, 0.3) is 0 Å². The number of aliphatic hydroxyl groups is 1. The van der Waals surface area contributed by atoms with Gasteiger partial charge in [0.05, 0.1) is 11.1 Å². The standard InChI is InChI=1S/C15H23ClN4O2/c1-11(21)5-8-19(2)15(22)18-12-6-9-20(10-12)14-13(16)4-3-7-17-14/h3-4,7,11-12,21H,5-6,8-10H2,1-2H3,(H,18,22). The van der Waals surface area contributed by atoms with Crippen LogP contribution in [-0.2, 0) is 0 Å². The van der Waals surface area contributed by atoms with Crippen molar-refractivity contribution in [3.8, 4) is 0 Å². The molecule has 2 amide bonds. The average Bonchev–Trinajstić information content (AvgIpc) is 2.93. The summed E-state index contributed by atoms with van der Waals surface area (Å²) >= 11 is 6.16. The van der Waals surface area contributed by atoms with Crippen LogP contribution < -0.4 is 10.2 Å². The zero-order valence-electron chi connectivity index (χ0n) is 13.0. The molecule has 1 aliphatic heterocycles. The molecule has 1 saturated heterocycles. The van der Waals surface area contributed by atoms with Gasteiger partial charge in [-0.2, -0.15) is 0 Å². The molecule has 1 aromatic rings. The van der Waals surface area contributed by atoms with E-state index in [-0.39, 0.29) is 12.1 Å². The number of hydrogen-bond acceptors (Lipinski definition) is 4. The number of pyridine rings is 1. The van der Waals surface area contributed by atoms with Crippen molar-refractivity contribution < 1.29 is 9.90 Å². The van der Waals surface area contributed by atoms with E-state index in [2.05, 4.69) is 15.2 Å². The Labute approximate surface area is 136 Å². The van der Waals surface area contributed by atoms with Gasteiger partial charge in [-0.05, 0) is 31.9 Å². The monoisotopic (exact) mass is 326 g/mol. The molecule has 0 radical (unpaired) electrons. The molecule has 2 unspecified atom stereocenters. The SMILES string of the molecule is CC(O)CCN(C)C(=O)NC1CCN(c2ncccc2Cl)C1. The Morgan fingerprint density at radius 2 is 2.45 bits per heavy atom. The van der Waals surface area contributed by atoms with E-state index in [1.54, 1.807) is 31.1 Å². The van der Waals surface area contributed by atoms with Crippen LogP contribution in [0.5, 0.6) is 0 Å². The molecule has 1 aromatic heterocycles. The zero-order valence-corrected chi connectivity index (χ0v) is 13.8. The molecular formula is C15H23ClN4O2. The fourth-order valence-electron chi connectivity index (χ4n) is 2.45. The number of aliphatic hydroxyl groups excluding tert-OH is 1. The lowest BCUT2D eigenvalue weighted by Crippen LogP contribution is -2.44. The van der Waals surface area contributed by atoms with Crippen LogP contribution in [0.4, 0.5) is 10.6 Å². The predicted molar refractivity (Wildman–Crippen MR) is 87.3 cm³/mol. The molecule has 2 N–H and O–H groups in total. The number of halogens is 1. The number of carbonyl (C=O) groups is 1. The second-order valence-corrected chi connectivity index (χ2v) is 6.16. The Morgan fingerprint density at radius 1 is 1.68 bits per heavy atom. The van der Waals surface area contributed by atoms with E-state index in [0.29, 0.717) is 24.5 Å². The molecule has 0 bridgehead atoms. The van der Waals surface area contributed by atoms with E-state index >= 15 is 0 Å². The number of rotatable bonds is 5. The molecule has 2 rings (SSSR count). The lowest BCUT2D eigenvalue weighted by Gasteiger charge is -2.22. The number of urea groups is 1. The first-order valence-electron chi connectivity index (χ1n) is 7.52. The first-order chi connectivity index (χ1) is 10.5. The minimum absolute atomic E-state index is 0.0829. The molecule has 7 heteroatoms. The molecule has 6 nitrogen and oxygen atoms in total. The van der Waals surface area contributed by atoms with Crippen LogP contribution in [-0.4, -0.2) is 59.8 Å². The molecule has 1 fully saturated rings. The zero-order chi connectivity index (χ0) is 16.1. The summed E-state index contributed by atoms with van der Waals surface area (Å²) in [6, 6.07) is 3.59. The quantitative estimate of drug-likeness (QED) is 0.864. The van der Waals surface area contributed by atoms with Crippen LogP contribution in [0.15, 0.2) is 18.3 Å². The summed E-state index contributed by atoms with van der Waals surface area (Å²) < 4.78 is 0. The Hall–Kier alpha value is -1.53. The number of amides is 2. The summed E-state index contributed by atoms with van der Waals surface area (Å²) in [4.78, 5) is 20.1. The number of anilines is 1. The van der Waals surface area contributed by atoms with E-state index in [4.69, 9.17) is 11.6 Å².